The number of aryl methyl sites for hydroxylation is 1. The number of aliphatic carboxylic acids is 1. The monoisotopic (exact) mass is 208 g/mol. The van der Waals surface area contributed by atoms with E-state index in [-0.39, 0.29) is 6.42 Å². The van der Waals surface area contributed by atoms with Gasteiger partial charge in [-0.2, -0.15) is 0 Å². The molecule has 1 N–H and O–H groups in total. The molecule has 2 aromatic heterocycles. The third-order valence-corrected chi connectivity index (χ3v) is 1.84. The fourth-order valence-electron chi connectivity index (χ4n) is 1.22. The third-order valence-electron chi connectivity index (χ3n) is 1.84. The van der Waals surface area contributed by atoms with Crippen LogP contribution in [0.4, 0.5) is 0 Å². The van der Waals surface area contributed by atoms with E-state index >= 15 is 0 Å². The van der Waals surface area contributed by atoms with Gasteiger partial charge in [0.1, 0.15) is 0 Å². The Morgan fingerprint density at radius 1 is 1.53 bits per heavy atom. The van der Waals surface area contributed by atoms with Crippen molar-refractivity contribution in [3.05, 3.63) is 23.5 Å². The van der Waals surface area contributed by atoms with E-state index in [1.54, 1.807) is 13.0 Å². The van der Waals surface area contributed by atoms with Gasteiger partial charge in [0.15, 0.2) is 0 Å². The lowest BCUT2D eigenvalue weighted by atomic mass is 10.1. The molecule has 0 aliphatic carbocycles. The van der Waals surface area contributed by atoms with Gasteiger partial charge in [-0.05, 0) is 6.92 Å². The van der Waals surface area contributed by atoms with Crippen LogP contribution in [0.5, 0.6) is 0 Å². The van der Waals surface area contributed by atoms with Gasteiger partial charge in [-0.15, -0.1) is 0 Å². The maximum atomic E-state index is 10.5. The molecule has 78 valence electrons. The van der Waals surface area contributed by atoms with Gasteiger partial charge in [0.25, 0.3) is 0 Å². The minimum absolute atomic E-state index is 0.154. The first-order valence-electron chi connectivity index (χ1n) is 4.26. The summed E-state index contributed by atoms with van der Waals surface area (Å²) in [6.07, 6.45) is 1.21. The Kier molecular flexibility index (Phi) is 2.24. The number of carbonyl (C=O) groups is 1. The molecule has 2 aromatic rings. The average Bonchev–Trinajstić information content (AvgIpc) is 2.72. The molecule has 0 unspecified atom stereocenters. The van der Waals surface area contributed by atoms with Crippen molar-refractivity contribution < 1.29 is 18.9 Å². The van der Waals surface area contributed by atoms with Crippen LogP contribution in [0.2, 0.25) is 0 Å². The molecule has 0 saturated carbocycles. The number of nitrogens with zero attached hydrogens (tertiary/aromatic N) is 2. The Hall–Kier alpha value is -2.11. The van der Waals surface area contributed by atoms with Gasteiger partial charge < -0.3 is 14.2 Å². The quantitative estimate of drug-likeness (QED) is 0.816. The van der Waals surface area contributed by atoms with Gasteiger partial charge in [0, 0.05) is 11.6 Å². The minimum atomic E-state index is -0.948. The first kappa shape index (κ1) is 9.45. The van der Waals surface area contributed by atoms with Crippen LogP contribution in [0.3, 0.4) is 0 Å². The van der Waals surface area contributed by atoms with Gasteiger partial charge in [0.2, 0.25) is 11.5 Å². The Morgan fingerprint density at radius 3 is 2.93 bits per heavy atom. The van der Waals surface area contributed by atoms with Crippen molar-refractivity contribution in [3.8, 4) is 11.5 Å². The summed E-state index contributed by atoms with van der Waals surface area (Å²) in [4.78, 5) is 10.5. The van der Waals surface area contributed by atoms with Crippen LogP contribution >= 0.6 is 0 Å². The normalized spacial score (nSPS) is 10.5. The van der Waals surface area contributed by atoms with Crippen LogP contribution in [0, 0.1) is 6.92 Å². The summed E-state index contributed by atoms with van der Waals surface area (Å²) in [6, 6.07) is 1.66. The van der Waals surface area contributed by atoms with E-state index in [2.05, 4.69) is 10.3 Å². The lowest BCUT2D eigenvalue weighted by Crippen LogP contribution is -1.99. The second kappa shape index (κ2) is 3.56. The molecule has 6 heteroatoms. The molecule has 0 aliphatic rings. The second-order valence-corrected chi connectivity index (χ2v) is 3.08. The summed E-state index contributed by atoms with van der Waals surface area (Å²) in [5, 5.41) is 15.9. The SMILES string of the molecule is Cc1cc(-c2oncc2CC(=O)O)on1. The molecule has 2 heterocycles. The van der Waals surface area contributed by atoms with Crippen LogP contribution in [0.15, 0.2) is 21.3 Å². The van der Waals surface area contributed by atoms with E-state index in [1.165, 1.54) is 6.20 Å². The Morgan fingerprint density at radius 2 is 2.33 bits per heavy atom. The van der Waals surface area contributed by atoms with E-state index in [1.807, 2.05) is 0 Å². The molecule has 0 radical (unpaired) electrons. The zero-order valence-electron chi connectivity index (χ0n) is 7.93. The van der Waals surface area contributed by atoms with Crippen molar-refractivity contribution in [1.29, 1.82) is 0 Å². The van der Waals surface area contributed by atoms with Crippen molar-refractivity contribution in [2.75, 3.05) is 0 Å². The smallest absolute Gasteiger partial charge is 0.308 e. The van der Waals surface area contributed by atoms with Gasteiger partial charge in [-0.1, -0.05) is 10.3 Å². The largest absolute Gasteiger partial charge is 0.481 e. The van der Waals surface area contributed by atoms with Crippen LogP contribution in [-0.4, -0.2) is 21.4 Å². The van der Waals surface area contributed by atoms with Gasteiger partial charge in [-0.3, -0.25) is 4.79 Å². The highest BCUT2D eigenvalue weighted by atomic mass is 16.5. The fraction of sp³-hybridized carbons (Fsp3) is 0.222. The predicted molar refractivity (Wildman–Crippen MR) is 48.1 cm³/mol. The predicted octanol–water partition coefficient (Wildman–Crippen LogP) is 1.27. The first-order chi connectivity index (χ1) is 7.16. The van der Waals surface area contributed by atoms with Crippen molar-refractivity contribution in [2.24, 2.45) is 0 Å². The zero-order chi connectivity index (χ0) is 10.8. The maximum Gasteiger partial charge on any atom is 0.308 e. The number of aromatic nitrogens is 2. The third kappa shape index (κ3) is 1.88. The number of carboxylic acids is 1. The second-order valence-electron chi connectivity index (χ2n) is 3.08. The van der Waals surface area contributed by atoms with E-state index in [9.17, 15) is 4.79 Å². The summed E-state index contributed by atoms with van der Waals surface area (Å²) >= 11 is 0. The van der Waals surface area contributed by atoms with E-state index in [4.69, 9.17) is 14.2 Å². The number of rotatable bonds is 3. The molecule has 0 bridgehead atoms. The molecular formula is C9H8N2O4. The van der Waals surface area contributed by atoms with Crippen LogP contribution in [0.25, 0.3) is 11.5 Å². The lowest BCUT2D eigenvalue weighted by molar-refractivity contribution is -0.136. The fourth-order valence-corrected chi connectivity index (χ4v) is 1.22. The van der Waals surface area contributed by atoms with Gasteiger partial charge in [-0.25, -0.2) is 0 Å². The summed E-state index contributed by atoms with van der Waals surface area (Å²) in [5.74, 6) is -0.241. The number of hydrogen-bond donors (Lipinski definition) is 1. The van der Waals surface area contributed by atoms with Crippen LogP contribution in [0.1, 0.15) is 11.3 Å². The van der Waals surface area contributed by atoms with Crippen LogP contribution < -0.4 is 0 Å². The maximum absolute atomic E-state index is 10.5. The van der Waals surface area contributed by atoms with E-state index < -0.39 is 5.97 Å². The van der Waals surface area contributed by atoms with Gasteiger partial charge in [0.05, 0.1) is 18.3 Å². The molecule has 0 spiro atoms. The van der Waals surface area contributed by atoms with Crippen molar-refractivity contribution in [3.63, 3.8) is 0 Å². The standard InChI is InChI=1S/C9H8N2O4/c1-5-2-7(14-11-5)9-6(3-8(12)13)4-10-15-9/h2,4H,3H2,1H3,(H,12,13). The zero-order valence-corrected chi connectivity index (χ0v) is 7.93. The van der Waals surface area contributed by atoms with Crippen molar-refractivity contribution >= 4 is 5.97 Å². The molecule has 0 saturated heterocycles. The number of carboxylic acid groups (broad SMARTS) is 1. The summed E-state index contributed by atoms with van der Waals surface area (Å²) in [5.41, 5.74) is 1.17. The summed E-state index contributed by atoms with van der Waals surface area (Å²) < 4.78 is 9.87. The van der Waals surface area contributed by atoms with E-state index in [0.29, 0.717) is 22.8 Å². The number of hydrogen-bond acceptors (Lipinski definition) is 5. The Labute approximate surface area is 84.5 Å². The highest BCUT2D eigenvalue weighted by molar-refractivity contribution is 5.73. The Balaban J connectivity index is 2.36. The highest BCUT2D eigenvalue weighted by Crippen LogP contribution is 2.24. The van der Waals surface area contributed by atoms with Crippen molar-refractivity contribution in [1.82, 2.24) is 10.3 Å². The van der Waals surface area contributed by atoms with E-state index in [0.717, 1.165) is 0 Å². The molecule has 0 aromatic carbocycles. The molecule has 15 heavy (non-hydrogen) atoms. The Bertz CT molecular complexity index is 486. The van der Waals surface area contributed by atoms with Gasteiger partial charge >= 0.3 is 5.97 Å². The first-order valence-corrected chi connectivity index (χ1v) is 4.26. The molecule has 2 rings (SSSR count). The molecular weight excluding hydrogens is 200 g/mol. The topological polar surface area (TPSA) is 89.4 Å². The average molecular weight is 208 g/mol. The summed E-state index contributed by atoms with van der Waals surface area (Å²) in [6.45, 7) is 1.76. The molecule has 0 atom stereocenters. The van der Waals surface area contributed by atoms with Crippen LogP contribution in [-0.2, 0) is 11.2 Å². The summed E-state index contributed by atoms with van der Waals surface area (Å²) in [7, 11) is 0. The molecule has 0 amide bonds. The lowest BCUT2D eigenvalue weighted by Gasteiger charge is -1.92. The van der Waals surface area contributed by atoms with Crippen molar-refractivity contribution in [2.45, 2.75) is 13.3 Å². The molecule has 0 aliphatic heterocycles. The molecule has 6 nitrogen and oxygen atoms in total. The highest BCUT2D eigenvalue weighted by Gasteiger charge is 2.17. The minimum Gasteiger partial charge on any atom is -0.481 e. The molecule has 0 fully saturated rings.